The van der Waals surface area contributed by atoms with E-state index in [0.717, 1.165) is 6.42 Å². The fraction of sp³-hybridized carbons (Fsp3) is 0.357. The van der Waals surface area contributed by atoms with Crippen LogP contribution in [0, 0.1) is 11.3 Å². The number of carbonyl (C=O) groups excluding carboxylic acids is 1. The van der Waals surface area contributed by atoms with Crippen LogP contribution in [0.3, 0.4) is 0 Å². The summed E-state index contributed by atoms with van der Waals surface area (Å²) in [6.45, 7) is 1.95. The SMILES string of the molecule is CCCCC(NC(=O)Nc1ccccc1C#N)C(=O)O. The fourth-order valence-corrected chi connectivity index (χ4v) is 1.67. The summed E-state index contributed by atoms with van der Waals surface area (Å²) in [4.78, 5) is 22.8. The van der Waals surface area contributed by atoms with E-state index in [0.29, 0.717) is 24.1 Å². The maximum Gasteiger partial charge on any atom is 0.326 e. The van der Waals surface area contributed by atoms with Gasteiger partial charge in [-0.3, -0.25) is 0 Å². The summed E-state index contributed by atoms with van der Waals surface area (Å²) in [7, 11) is 0. The molecule has 0 saturated heterocycles. The number of nitrogens with zero attached hydrogens (tertiary/aromatic N) is 1. The Hall–Kier alpha value is -2.55. The number of carboxylic acid groups (broad SMARTS) is 1. The van der Waals surface area contributed by atoms with Gasteiger partial charge in [-0.1, -0.05) is 31.9 Å². The van der Waals surface area contributed by atoms with Gasteiger partial charge in [-0.25, -0.2) is 9.59 Å². The van der Waals surface area contributed by atoms with E-state index in [1.54, 1.807) is 24.3 Å². The van der Waals surface area contributed by atoms with Crippen LogP contribution < -0.4 is 10.6 Å². The second-order valence-corrected chi connectivity index (χ2v) is 4.29. The Balaban J connectivity index is 2.66. The number of hydrogen-bond donors (Lipinski definition) is 3. The first kappa shape index (κ1) is 15.5. The van der Waals surface area contributed by atoms with Gasteiger partial charge in [-0.05, 0) is 18.6 Å². The standard InChI is InChI=1S/C14H17N3O3/c1-2-3-7-12(13(18)19)17-14(20)16-11-8-5-4-6-10(11)9-15/h4-6,8,12H,2-3,7H2,1H3,(H,18,19)(H2,16,17,20). The molecule has 0 fully saturated rings. The highest BCUT2D eigenvalue weighted by Crippen LogP contribution is 2.13. The van der Waals surface area contributed by atoms with E-state index >= 15 is 0 Å². The van der Waals surface area contributed by atoms with E-state index in [9.17, 15) is 9.59 Å². The predicted molar refractivity (Wildman–Crippen MR) is 74.3 cm³/mol. The Bertz CT molecular complexity index is 523. The molecule has 3 N–H and O–H groups in total. The molecule has 1 rings (SSSR count). The van der Waals surface area contributed by atoms with Crippen molar-refractivity contribution >= 4 is 17.7 Å². The molecular weight excluding hydrogens is 258 g/mol. The third kappa shape index (κ3) is 4.61. The lowest BCUT2D eigenvalue weighted by atomic mass is 10.1. The van der Waals surface area contributed by atoms with Gasteiger partial charge in [0.2, 0.25) is 0 Å². The van der Waals surface area contributed by atoms with Crippen molar-refractivity contribution in [2.24, 2.45) is 0 Å². The molecule has 1 atom stereocenters. The molecule has 0 aliphatic heterocycles. The molecule has 106 valence electrons. The van der Waals surface area contributed by atoms with Gasteiger partial charge in [0.1, 0.15) is 12.1 Å². The number of anilines is 1. The van der Waals surface area contributed by atoms with Crippen molar-refractivity contribution in [1.82, 2.24) is 5.32 Å². The van der Waals surface area contributed by atoms with Gasteiger partial charge in [0, 0.05) is 0 Å². The second-order valence-electron chi connectivity index (χ2n) is 4.29. The predicted octanol–water partition coefficient (Wildman–Crippen LogP) is 2.32. The highest BCUT2D eigenvalue weighted by Gasteiger charge is 2.19. The highest BCUT2D eigenvalue weighted by atomic mass is 16.4. The van der Waals surface area contributed by atoms with Crippen molar-refractivity contribution in [1.29, 1.82) is 5.26 Å². The number of carboxylic acids is 1. The molecule has 0 radical (unpaired) electrons. The molecule has 20 heavy (non-hydrogen) atoms. The minimum Gasteiger partial charge on any atom is -0.480 e. The number of nitrogens with one attached hydrogen (secondary N) is 2. The van der Waals surface area contributed by atoms with Gasteiger partial charge >= 0.3 is 12.0 Å². The van der Waals surface area contributed by atoms with Crippen molar-refractivity contribution in [3.05, 3.63) is 29.8 Å². The lowest BCUT2D eigenvalue weighted by molar-refractivity contribution is -0.139. The van der Waals surface area contributed by atoms with Crippen molar-refractivity contribution in [3.8, 4) is 6.07 Å². The first-order valence-corrected chi connectivity index (χ1v) is 6.38. The van der Waals surface area contributed by atoms with Gasteiger partial charge in [0.15, 0.2) is 0 Å². The minimum atomic E-state index is -1.07. The molecule has 0 saturated carbocycles. The number of benzene rings is 1. The fourth-order valence-electron chi connectivity index (χ4n) is 1.67. The van der Waals surface area contributed by atoms with E-state index in [1.807, 2.05) is 13.0 Å². The van der Waals surface area contributed by atoms with Gasteiger partial charge in [-0.2, -0.15) is 5.26 Å². The lowest BCUT2D eigenvalue weighted by Crippen LogP contribution is -2.43. The second kappa shape index (κ2) is 7.79. The van der Waals surface area contributed by atoms with Crippen LogP contribution in [0.25, 0.3) is 0 Å². The van der Waals surface area contributed by atoms with Crippen LogP contribution in [0.5, 0.6) is 0 Å². The number of carbonyl (C=O) groups is 2. The molecule has 2 amide bonds. The van der Waals surface area contributed by atoms with Gasteiger partial charge in [0.25, 0.3) is 0 Å². The van der Waals surface area contributed by atoms with Crippen LogP contribution >= 0.6 is 0 Å². The van der Waals surface area contributed by atoms with Crippen molar-refractivity contribution in [2.45, 2.75) is 32.2 Å². The summed E-state index contributed by atoms with van der Waals surface area (Å²) in [6.07, 6.45) is 1.94. The zero-order chi connectivity index (χ0) is 15.0. The van der Waals surface area contributed by atoms with Crippen LogP contribution in [0.4, 0.5) is 10.5 Å². The summed E-state index contributed by atoms with van der Waals surface area (Å²) >= 11 is 0. The van der Waals surface area contributed by atoms with E-state index in [-0.39, 0.29) is 0 Å². The number of aliphatic carboxylic acids is 1. The Morgan fingerprint density at radius 2 is 2.10 bits per heavy atom. The summed E-state index contributed by atoms with van der Waals surface area (Å²) in [6, 6.07) is 6.92. The molecule has 0 spiro atoms. The Labute approximate surface area is 117 Å². The topological polar surface area (TPSA) is 102 Å². The normalized spacial score (nSPS) is 11.2. The molecule has 0 aliphatic rings. The average molecular weight is 275 g/mol. The number of unbranched alkanes of at least 4 members (excludes halogenated alkanes) is 1. The van der Waals surface area contributed by atoms with Gasteiger partial charge < -0.3 is 15.7 Å². The quantitative estimate of drug-likeness (QED) is 0.741. The Kier molecular flexibility index (Phi) is 6.04. The summed E-state index contributed by atoms with van der Waals surface area (Å²) in [5.41, 5.74) is 0.676. The molecule has 0 heterocycles. The van der Waals surface area contributed by atoms with Gasteiger partial charge in [-0.15, -0.1) is 0 Å². The molecule has 6 nitrogen and oxygen atoms in total. The summed E-state index contributed by atoms with van der Waals surface area (Å²) in [5, 5.41) is 22.8. The third-order valence-electron chi connectivity index (χ3n) is 2.75. The highest BCUT2D eigenvalue weighted by molar-refractivity contribution is 5.93. The van der Waals surface area contributed by atoms with Crippen LogP contribution in [0.2, 0.25) is 0 Å². The molecule has 6 heteroatoms. The zero-order valence-corrected chi connectivity index (χ0v) is 11.2. The molecule has 0 aliphatic carbocycles. The monoisotopic (exact) mass is 275 g/mol. The molecular formula is C14H17N3O3. The number of rotatable bonds is 6. The molecule has 0 aromatic heterocycles. The molecule has 1 unspecified atom stereocenters. The summed E-state index contributed by atoms with van der Waals surface area (Å²) < 4.78 is 0. The number of nitriles is 1. The first-order chi connectivity index (χ1) is 9.58. The number of amides is 2. The minimum absolute atomic E-state index is 0.322. The summed E-state index contributed by atoms with van der Waals surface area (Å²) in [5.74, 6) is -1.07. The van der Waals surface area contributed by atoms with Crippen LogP contribution in [-0.4, -0.2) is 23.1 Å². The Morgan fingerprint density at radius 3 is 2.70 bits per heavy atom. The molecule has 1 aromatic carbocycles. The van der Waals surface area contributed by atoms with Crippen molar-refractivity contribution < 1.29 is 14.7 Å². The average Bonchev–Trinajstić information content (AvgIpc) is 2.43. The zero-order valence-electron chi connectivity index (χ0n) is 11.2. The first-order valence-electron chi connectivity index (χ1n) is 6.38. The maximum atomic E-state index is 11.8. The largest absolute Gasteiger partial charge is 0.480 e. The van der Waals surface area contributed by atoms with Crippen LogP contribution in [-0.2, 0) is 4.79 Å². The van der Waals surface area contributed by atoms with Crippen molar-refractivity contribution in [3.63, 3.8) is 0 Å². The van der Waals surface area contributed by atoms with Gasteiger partial charge in [0.05, 0.1) is 11.3 Å². The van der Waals surface area contributed by atoms with Crippen LogP contribution in [0.15, 0.2) is 24.3 Å². The third-order valence-corrected chi connectivity index (χ3v) is 2.75. The van der Waals surface area contributed by atoms with E-state index in [4.69, 9.17) is 10.4 Å². The molecule has 1 aromatic rings. The number of hydrogen-bond acceptors (Lipinski definition) is 3. The van der Waals surface area contributed by atoms with E-state index < -0.39 is 18.0 Å². The molecule has 0 bridgehead atoms. The lowest BCUT2D eigenvalue weighted by Gasteiger charge is -2.15. The van der Waals surface area contributed by atoms with Crippen LogP contribution in [0.1, 0.15) is 31.7 Å². The van der Waals surface area contributed by atoms with E-state index in [1.165, 1.54) is 0 Å². The Morgan fingerprint density at radius 1 is 1.40 bits per heavy atom. The number of urea groups is 1. The van der Waals surface area contributed by atoms with E-state index in [2.05, 4.69) is 10.6 Å². The van der Waals surface area contributed by atoms with Crippen molar-refractivity contribution in [2.75, 3.05) is 5.32 Å². The number of para-hydroxylation sites is 1. The smallest absolute Gasteiger partial charge is 0.326 e. The maximum absolute atomic E-state index is 11.8.